The summed E-state index contributed by atoms with van der Waals surface area (Å²) in [5, 5.41) is 19.9. The third-order valence-electron chi connectivity index (χ3n) is 5.14. The van der Waals surface area contributed by atoms with Crippen LogP contribution in [-0.4, -0.2) is 56.3 Å². The first-order chi connectivity index (χ1) is 13.2. The molecular formula is C18H23N5O3S. The first-order valence-electron chi connectivity index (χ1n) is 9.41. The predicted molar refractivity (Wildman–Crippen MR) is 99.7 cm³/mol. The van der Waals surface area contributed by atoms with Crippen LogP contribution in [0.1, 0.15) is 62.7 Å². The molecule has 2 amide bonds. The highest BCUT2D eigenvalue weighted by atomic mass is 32.1. The van der Waals surface area contributed by atoms with Gasteiger partial charge in [-0.3, -0.25) is 9.59 Å². The van der Waals surface area contributed by atoms with Gasteiger partial charge in [-0.15, -0.1) is 21.5 Å². The van der Waals surface area contributed by atoms with Crippen LogP contribution in [-0.2, 0) is 13.0 Å². The number of carbonyl (C=O) groups excluding carboxylic acids is 2. The Morgan fingerprint density at radius 2 is 2.11 bits per heavy atom. The Morgan fingerprint density at radius 1 is 1.22 bits per heavy atom. The highest BCUT2D eigenvalue weighted by Gasteiger charge is 2.35. The van der Waals surface area contributed by atoms with Crippen molar-refractivity contribution in [3.05, 3.63) is 33.5 Å². The summed E-state index contributed by atoms with van der Waals surface area (Å²) in [7, 11) is 0. The number of likely N-dealkylation sites (tertiary alicyclic amines) is 1. The van der Waals surface area contributed by atoms with E-state index in [4.69, 9.17) is 5.11 Å². The van der Waals surface area contributed by atoms with E-state index < -0.39 is 0 Å². The van der Waals surface area contributed by atoms with Gasteiger partial charge >= 0.3 is 0 Å². The molecule has 2 aliphatic heterocycles. The van der Waals surface area contributed by atoms with Crippen molar-refractivity contribution < 1.29 is 14.7 Å². The van der Waals surface area contributed by atoms with E-state index in [-0.39, 0.29) is 31.0 Å². The zero-order valence-corrected chi connectivity index (χ0v) is 15.9. The number of nitrogens with one attached hydrogen (secondary N) is 1. The third-order valence-corrected chi connectivity index (χ3v) is 6.33. The fourth-order valence-electron chi connectivity index (χ4n) is 3.81. The smallest absolute Gasteiger partial charge is 0.292 e. The monoisotopic (exact) mass is 389 g/mol. The Hall–Kier alpha value is -2.26. The molecule has 2 aromatic heterocycles. The van der Waals surface area contributed by atoms with Crippen LogP contribution in [0.3, 0.4) is 0 Å². The fourth-order valence-corrected chi connectivity index (χ4v) is 4.88. The number of hydrogen-bond donors (Lipinski definition) is 2. The molecule has 0 aliphatic carbocycles. The summed E-state index contributed by atoms with van der Waals surface area (Å²) in [5.41, 5.74) is 0. The van der Waals surface area contributed by atoms with Crippen molar-refractivity contribution in [1.29, 1.82) is 0 Å². The minimum atomic E-state index is -0.192. The van der Waals surface area contributed by atoms with Gasteiger partial charge in [-0.25, -0.2) is 0 Å². The summed E-state index contributed by atoms with van der Waals surface area (Å²) in [5.74, 6) is 1.08. The minimum absolute atomic E-state index is 0.0292. The Kier molecular flexibility index (Phi) is 5.22. The standard InChI is InChI=1S/C18H23N5O3S/c24-11-8-19-17(25)14-7-6-13(27-14)12-4-3-10-22(12)18(26)16-21-20-15-5-1-2-9-23(15)16/h6-7,12,24H,1-5,8-11H2,(H,19,25)/t12-/m0/s1. The predicted octanol–water partition coefficient (Wildman–Crippen LogP) is 1.38. The van der Waals surface area contributed by atoms with Crippen LogP contribution in [0.15, 0.2) is 12.1 Å². The lowest BCUT2D eigenvalue weighted by Gasteiger charge is -2.24. The second-order valence-corrected chi connectivity index (χ2v) is 8.00. The van der Waals surface area contributed by atoms with Crippen molar-refractivity contribution in [2.75, 3.05) is 19.7 Å². The van der Waals surface area contributed by atoms with E-state index >= 15 is 0 Å². The SMILES string of the molecule is O=C(NCCO)c1ccc([C@@H]2CCCN2C(=O)c2nnc3n2CCCC3)s1. The highest BCUT2D eigenvalue weighted by Crippen LogP contribution is 2.37. The van der Waals surface area contributed by atoms with Gasteiger partial charge in [-0.2, -0.15) is 0 Å². The summed E-state index contributed by atoms with van der Waals surface area (Å²) < 4.78 is 1.96. The summed E-state index contributed by atoms with van der Waals surface area (Å²) in [6.45, 7) is 1.64. The van der Waals surface area contributed by atoms with E-state index in [1.165, 1.54) is 11.3 Å². The number of fused-ring (bicyclic) bond motifs is 1. The molecule has 4 rings (SSSR count). The Labute approximate surface area is 161 Å². The van der Waals surface area contributed by atoms with Crippen LogP contribution >= 0.6 is 11.3 Å². The van der Waals surface area contributed by atoms with E-state index in [1.807, 2.05) is 15.5 Å². The number of aromatic nitrogens is 3. The molecule has 2 aliphatic rings. The van der Waals surface area contributed by atoms with Crippen molar-refractivity contribution in [1.82, 2.24) is 25.0 Å². The number of rotatable bonds is 5. The maximum absolute atomic E-state index is 13.1. The lowest BCUT2D eigenvalue weighted by molar-refractivity contribution is 0.0718. The number of aliphatic hydroxyl groups is 1. The molecule has 0 unspecified atom stereocenters. The van der Waals surface area contributed by atoms with Gasteiger partial charge in [0.15, 0.2) is 0 Å². The van der Waals surface area contributed by atoms with Crippen LogP contribution in [0.2, 0.25) is 0 Å². The molecule has 0 bridgehead atoms. The first kappa shape index (κ1) is 18.1. The second-order valence-electron chi connectivity index (χ2n) is 6.89. The van der Waals surface area contributed by atoms with Crippen molar-refractivity contribution >= 4 is 23.2 Å². The molecule has 8 nitrogen and oxygen atoms in total. The van der Waals surface area contributed by atoms with Gasteiger partial charge in [0.2, 0.25) is 5.82 Å². The van der Waals surface area contributed by atoms with Crippen LogP contribution in [0.5, 0.6) is 0 Å². The average Bonchev–Trinajstić information content (AvgIpc) is 3.43. The van der Waals surface area contributed by atoms with Crippen molar-refractivity contribution in [3.63, 3.8) is 0 Å². The number of amides is 2. The maximum atomic E-state index is 13.1. The largest absolute Gasteiger partial charge is 0.395 e. The van der Waals surface area contributed by atoms with Gasteiger partial charge in [-0.1, -0.05) is 0 Å². The van der Waals surface area contributed by atoms with Gasteiger partial charge < -0.3 is 19.9 Å². The second kappa shape index (κ2) is 7.77. The molecular weight excluding hydrogens is 366 g/mol. The van der Waals surface area contributed by atoms with E-state index in [0.29, 0.717) is 17.2 Å². The Bertz CT molecular complexity index is 846. The number of aryl methyl sites for hydroxylation is 1. The molecule has 0 aromatic carbocycles. The molecule has 9 heteroatoms. The Balaban J connectivity index is 1.53. The minimum Gasteiger partial charge on any atom is -0.395 e. The summed E-state index contributed by atoms with van der Waals surface area (Å²) in [6.07, 6.45) is 4.83. The van der Waals surface area contributed by atoms with Crippen LogP contribution in [0.4, 0.5) is 0 Å². The lowest BCUT2D eigenvalue weighted by atomic mass is 10.1. The number of hydrogen-bond acceptors (Lipinski definition) is 6. The molecule has 144 valence electrons. The highest BCUT2D eigenvalue weighted by molar-refractivity contribution is 7.14. The molecule has 1 fully saturated rings. The van der Waals surface area contributed by atoms with Crippen molar-refractivity contribution in [2.45, 2.75) is 44.7 Å². The molecule has 0 saturated carbocycles. The number of nitrogens with zero attached hydrogens (tertiary/aromatic N) is 4. The normalized spacial score (nSPS) is 19.1. The number of thiophene rings is 1. The topological polar surface area (TPSA) is 100 Å². The lowest BCUT2D eigenvalue weighted by Crippen LogP contribution is -2.33. The zero-order valence-electron chi connectivity index (χ0n) is 15.1. The van der Waals surface area contributed by atoms with Crippen LogP contribution < -0.4 is 5.32 Å². The Morgan fingerprint density at radius 3 is 2.96 bits per heavy atom. The average molecular weight is 389 g/mol. The van der Waals surface area contributed by atoms with Gasteiger partial charge in [-0.05, 0) is 37.8 Å². The van der Waals surface area contributed by atoms with E-state index in [0.717, 1.165) is 49.4 Å². The molecule has 2 aromatic rings. The van der Waals surface area contributed by atoms with E-state index in [1.54, 1.807) is 6.07 Å². The van der Waals surface area contributed by atoms with Gasteiger partial charge in [0, 0.05) is 30.9 Å². The fraction of sp³-hybridized carbons (Fsp3) is 0.556. The summed E-state index contributed by atoms with van der Waals surface area (Å²) >= 11 is 1.41. The zero-order chi connectivity index (χ0) is 18.8. The quantitative estimate of drug-likeness (QED) is 0.805. The van der Waals surface area contributed by atoms with Crippen molar-refractivity contribution in [2.24, 2.45) is 0 Å². The molecule has 2 N–H and O–H groups in total. The van der Waals surface area contributed by atoms with Crippen LogP contribution in [0, 0.1) is 0 Å². The molecule has 27 heavy (non-hydrogen) atoms. The molecule has 1 atom stereocenters. The molecule has 0 radical (unpaired) electrons. The van der Waals surface area contributed by atoms with Gasteiger partial charge in [0.25, 0.3) is 11.8 Å². The maximum Gasteiger partial charge on any atom is 0.292 e. The molecule has 0 spiro atoms. The summed E-state index contributed by atoms with van der Waals surface area (Å²) in [6, 6.07) is 3.68. The number of aliphatic hydroxyl groups excluding tert-OH is 1. The molecule has 4 heterocycles. The third kappa shape index (κ3) is 3.49. The van der Waals surface area contributed by atoms with E-state index in [9.17, 15) is 9.59 Å². The van der Waals surface area contributed by atoms with Crippen molar-refractivity contribution in [3.8, 4) is 0 Å². The van der Waals surface area contributed by atoms with Gasteiger partial charge in [0.05, 0.1) is 17.5 Å². The first-order valence-corrected chi connectivity index (χ1v) is 10.2. The molecule has 1 saturated heterocycles. The van der Waals surface area contributed by atoms with Crippen LogP contribution in [0.25, 0.3) is 0 Å². The number of carbonyl (C=O) groups is 2. The van der Waals surface area contributed by atoms with Gasteiger partial charge in [0.1, 0.15) is 5.82 Å². The van der Waals surface area contributed by atoms with E-state index in [2.05, 4.69) is 15.5 Å². The summed E-state index contributed by atoms with van der Waals surface area (Å²) in [4.78, 5) is 28.7.